The van der Waals surface area contributed by atoms with Gasteiger partial charge in [0.1, 0.15) is 54.0 Å². The molecule has 0 aliphatic heterocycles. The molecule has 0 amide bonds. The van der Waals surface area contributed by atoms with Crippen molar-refractivity contribution in [2.45, 2.75) is 20.3 Å². The second-order valence-corrected chi connectivity index (χ2v) is 7.37. The molecule has 3 N–H and O–H groups in total. The van der Waals surface area contributed by atoms with E-state index in [-0.39, 0.29) is 66.3 Å². The summed E-state index contributed by atoms with van der Waals surface area (Å²) in [6.07, 6.45) is 1.56. The molecule has 2 aromatic carbocycles. The summed E-state index contributed by atoms with van der Waals surface area (Å²) in [5, 5.41) is 28.7. The van der Waals surface area contributed by atoms with Gasteiger partial charge in [0.2, 0.25) is 0 Å². The minimum absolute atomic E-state index is 0.00369. The highest BCUT2D eigenvalue weighted by Crippen LogP contribution is 2.27. The Balaban J connectivity index is 1.75. The van der Waals surface area contributed by atoms with E-state index in [9.17, 15) is 24.9 Å². The van der Waals surface area contributed by atoms with Crippen LogP contribution in [-0.4, -0.2) is 53.7 Å². The lowest BCUT2D eigenvalue weighted by molar-refractivity contribution is -0.140. The average molecular weight is 488 g/mol. The minimum atomic E-state index is -0.601. The maximum atomic E-state index is 12.1. The molecular weight excluding hydrogens is 460 g/mol. The van der Waals surface area contributed by atoms with Gasteiger partial charge in [0, 0.05) is 48.4 Å². The highest BCUT2D eigenvalue weighted by molar-refractivity contribution is 5.87. The van der Waals surface area contributed by atoms with Crippen LogP contribution in [0.1, 0.15) is 20.3 Å². The lowest BCUT2D eigenvalue weighted by atomic mass is 10.3. The largest absolute Gasteiger partial charge is 0.508 e. The van der Waals surface area contributed by atoms with E-state index in [2.05, 4.69) is 6.58 Å². The van der Waals surface area contributed by atoms with Crippen molar-refractivity contribution in [3.63, 3.8) is 0 Å². The molecule has 0 aliphatic rings. The molecule has 35 heavy (non-hydrogen) atoms. The summed E-state index contributed by atoms with van der Waals surface area (Å²) < 4.78 is 26.3. The van der Waals surface area contributed by atoms with Gasteiger partial charge in [-0.15, -0.1) is 0 Å². The van der Waals surface area contributed by atoms with Crippen LogP contribution in [0, 0.1) is 0 Å². The second-order valence-electron chi connectivity index (χ2n) is 7.37. The molecule has 2 aromatic rings. The number of carbonyl (C=O) groups is 2. The number of carbonyl (C=O) groups excluding carboxylic acids is 2. The molecule has 10 heteroatoms. The van der Waals surface area contributed by atoms with Gasteiger partial charge in [-0.05, 0) is 13.8 Å². The molecule has 10 nitrogen and oxygen atoms in total. The predicted octanol–water partition coefficient (Wildman–Crippen LogP) is 3.60. The summed E-state index contributed by atoms with van der Waals surface area (Å²) in [7, 11) is 0. The topological polar surface area (TPSA) is 141 Å². The van der Waals surface area contributed by atoms with Gasteiger partial charge in [-0.2, -0.15) is 0 Å². The standard InChI is InChI=1S/C25H28O10/c1-16(2)24(29)34-8-7-32-22-12-20(28)13-23(14-22)35-15-17(3)25(30)33-6-4-5-31-21-10-18(26)9-19(27)11-21/h9-15,26-28H,1,4-8H2,2-3H3/b17-15+. The summed E-state index contributed by atoms with van der Waals surface area (Å²) in [5.41, 5.74) is 0.461. The number of hydrogen-bond acceptors (Lipinski definition) is 10. The first-order chi connectivity index (χ1) is 16.6. The molecule has 0 unspecified atom stereocenters. The SMILES string of the molecule is C=C(C)C(=O)OCCOc1cc(O)cc(O/C=C(\C)C(=O)OCCCOc2cc(O)cc(O)c2)c1. The van der Waals surface area contributed by atoms with Gasteiger partial charge in [-0.1, -0.05) is 6.58 Å². The Hall–Kier alpha value is -4.34. The smallest absolute Gasteiger partial charge is 0.336 e. The first-order valence-corrected chi connectivity index (χ1v) is 10.6. The molecule has 0 bridgehead atoms. The van der Waals surface area contributed by atoms with Crippen molar-refractivity contribution >= 4 is 11.9 Å². The van der Waals surface area contributed by atoms with Crippen LogP contribution in [0.3, 0.4) is 0 Å². The number of ether oxygens (including phenoxy) is 5. The van der Waals surface area contributed by atoms with E-state index >= 15 is 0 Å². The van der Waals surface area contributed by atoms with E-state index in [4.69, 9.17) is 23.7 Å². The van der Waals surface area contributed by atoms with Gasteiger partial charge in [0.15, 0.2) is 0 Å². The number of phenols is 3. The van der Waals surface area contributed by atoms with Crippen LogP contribution in [0.25, 0.3) is 0 Å². The lowest BCUT2D eigenvalue weighted by Gasteiger charge is -2.10. The first-order valence-electron chi connectivity index (χ1n) is 10.6. The number of esters is 2. The molecule has 2 rings (SSSR count). The van der Waals surface area contributed by atoms with Crippen LogP contribution in [0.15, 0.2) is 60.4 Å². The molecule has 0 atom stereocenters. The van der Waals surface area contributed by atoms with E-state index in [1.165, 1.54) is 56.5 Å². The number of hydrogen-bond donors (Lipinski definition) is 3. The molecule has 0 aromatic heterocycles. The molecule has 0 spiro atoms. The summed E-state index contributed by atoms with van der Waals surface area (Å²) in [6, 6.07) is 8.07. The predicted molar refractivity (Wildman–Crippen MR) is 125 cm³/mol. The highest BCUT2D eigenvalue weighted by Gasteiger charge is 2.09. The van der Waals surface area contributed by atoms with Crippen LogP contribution in [0.5, 0.6) is 34.5 Å². The van der Waals surface area contributed by atoms with Crippen molar-refractivity contribution in [2.75, 3.05) is 26.4 Å². The maximum absolute atomic E-state index is 12.1. The van der Waals surface area contributed by atoms with Crippen molar-refractivity contribution in [2.24, 2.45) is 0 Å². The first kappa shape index (κ1) is 26.9. The van der Waals surface area contributed by atoms with E-state index in [0.29, 0.717) is 12.2 Å². The molecule has 0 fully saturated rings. The summed E-state index contributed by atoms with van der Waals surface area (Å²) in [6.45, 7) is 6.86. The van der Waals surface area contributed by atoms with Crippen LogP contribution >= 0.6 is 0 Å². The molecule has 0 saturated heterocycles. The fourth-order valence-electron chi connectivity index (χ4n) is 2.51. The number of aromatic hydroxyl groups is 3. The van der Waals surface area contributed by atoms with Gasteiger partial charge >= 0.3 is 11.9 Å². The van der Waals surface area contributed by atoms with Gasteiger partial charge in [-0.3, -0.25) is 0 Å². The van der Waals surface area contributed by atoms with Gasteiger partial charge in [0.05, 0.1) is 18.8 Å². The van der Waals surface area contributed by atoms with E-state index in [0.717, 1.165) is 0 Å². The fraction of sp³-hybridized carbons (Fsp3) is 0.280. The normalized spacial score (nSPS) is 10.9. The van der Waals surface area contributed by atoms with Crippen LogP contribution < -0.4 is 14.2 Å². The van der Waals surface area contributed by atoms with E-state index in [1.807, 2.05) is 0 Å². The van der Waals surface area contributed by atoms with Crippen molar-refractivity contribution in [1.82, 2.24) is 0 Å². The van der Waals surface area contributed by atoms with Crippen molar-refractivity contribution < 1.29 is 48.6 Å². The highest BCUT2D eigenvalue weighted by atomic mass is 16.6. The monoisotopic (exact) mass is 488 g/mol. The van der Waals surface area contributed by atoms with Crippen LogP contribution in [-0.2, 0) is 19.1 Å². The zero-order valence-electron chi connectivity index (χ0n) is 19.5. The molecule has 188 valence electrons. The Kier molecular flexibility index (Phi) is 10.3. The third kappa shape index (κ3) is 9.99. The summed E-state index contributed by atoms with van der Waals surface area (Å²) in [5.74, 6) is -0.704. The third-order valence-corrected chi connectivity index (χ3v) is 4.16. The van der Waals surface area contributed by atoms with E-state index in [1.54, 1.807) is 0 Å². The van der Waals surface area contributed by atoms with Gasteiger partial charge in [0.25, 0.3) is 0 Å². The lowest BCUT2D eigenvalue weighted by Crippen LogP contribution is -2.12. The van der Waals surface area contributed by atoms with E-state index < -0.39 is 11.9 Å². The van der Waals surface area contributed by atoms with Crippen molar-refractivity contribution in [3.8, 4) is 34.5 Å². The Morgan fingerprint density at radius 2 is 1.29 bits per heavy atom. The second kappa shape index (κ2) is 13.4. The summed E-state index contributed by atoms with van der Waals surface area (Å²) >= 11 is 0. The molecule has 0 heterocycles. The number of benzene rings is 2. The Labute approximate surface area is 202 Å². The zero-order chi connectivity index (χ0) is 25.8. The van der Waals surface area contributed by atoms with Crippen molar-refractivity contribution in [3.05, 3.63) is 60.4 Å². The average Bonchev–Trinajstić information content (AvgIpc) is 2.78. The molecule has 0 aliphatic carbocycles. The minimum Gasteiger partial charge on any atom is -0.508 e. The Morgan fingerprint density at radius 3 is 1.94 bits per heavy atom. The van der Waals surface area contributed by atoms with Crippen LogP contribution in [0.4, 0.5) is 0 Å². The molecule has 0 saturated carbocycles. The number of rotatable bonds is 13. The fourth-order valence-corrected chi connectivity index (χ4v) is 2.51. The van der Waals surface area contributed by atoms with Gasteiger partial charge < -0.3 is 39.0 Å². The summed E-state index contributed by atoms with van der Waals surface area (Å²) in [4.78, 5) is 23.4. The quantitative estimate of drug-likeness (QED) is 0.166. The number of phenolic OH excluding ortho intramolecular Hbond substituents is 3. The molecular formula is C25H28O10. The maximum Gasteiger partial charge on any atom is 0.336 e. The third-order valence-electron chi connectivity index (χ3n) is 4.16. The molecule has 0 radical (unpaired) electrons. The van der Waals surface area contributed by atoms with Crippen LogP contribution in [0.2, 0.25) is 0 Å². The van der Waals surface area contributed by atoms with Gasteiger partial charge in [-0.25, -0.2) is 9.59 Å². The van der Waals surface area contributed by atoms with Crippen molar-refractivity contribution in [1.29, 1.82) is 0 Å². The zero-order valence-corrected chi connectivity index (χ0v) is 19.5. The Morgan fingerprint density at radius 1 is 0.743 bits per heavy atom. The Bertz CT molecular complexity index is 1050.